The molecule has 0 spiro atoms. The highest BCUT2D eigenvalue weighted by Gasteiger charge is 2.19. The van der Waals surface area contributed by atoms with Crippen LogP contribution < -0.4 is 5.32 Å². The first-order valence-corrected chi connectivity index (χ1v) is 4.21. The van der Waals surface area contributed by atoms with E-state index in [0.717, 1.165) is 0 Å². The zero-order valence-corrected chi connectivity index (χ0v) is 8.37. The predicted molar refractivity (Wildman–Crippen MR) is 49.4 cm³/mol. The summed E-state index contributed by atoms with van der Waals surface area (Å²) in [6.07, 6.45) is 1.32. The molecule has 0 saturated carbocycles. The maximum absolute atomic E-state index is 11.5. The molecule has 0 aromatic carbocycles. The summed E-state index contributed by atoms with van der Waals surface area (Å²) in [5, 5.41) is 20.4. The first kappa shape index (κ1) is 10.4. The molecule has 5 nitrogen and oxygen atoms in total. The molecule has 1 rings (SSSR count). The number of rotatable bonds is 1. The van der Waals surface area contributed by atoms with Crippen molar-refractivity contribution in [2.75, 3.05) is 0 Å². The smallest absolute Gasteiger partial charge is 0.301 e. The quantitative estimate of drug-likeness (QED) is 0.728. The summed E-state index contributed by atoms with van der Waals surface area (Å²) in [5.41, 5.74) is -0.345. The summed E-state index contributed by atoms with van der Waals surface area (Å²) in [6.45, 7) is 5.51. The lowest BCUT2D eigenvalue weighted by molar-refractivity contribution is 0.0913. The van der Waals surface area contributed by atoms with Crippen molar-refractivity contribution in [3.63, 3.8) is 0 Å². The number of amides is 1. The van der Waals surface area contributed by atoms with Gasteiger partial charge in [0.2, 0.25) is 0 Å². The zero-order chi connectivity index (χ0) is 10.8. The summed E-state index contributed by atoms with van der Waals surface area (Å²) >= 11 is 0. The van der Waals surface area contributed by atoms with Crippen LogP contribution in [0.4, 0.5) is 0 Å². The van der Waals surface area contributed by atoms with E-state index < -0.39 is 11.8 Å². The van der Waals surface area contributed by atoms with Crippen LogP contribution in [0.2, 0.25) is 0 Å². The fraction of sp³-hybridized carbons (Fsp3) is 0.444. The molecule has 14 heavy (non-hydrogen) atoms. The summed E-state index contributed by atoms with van der Waals surface area (Å²) in [6, 6.07) is 1.36. The Kier molecular flexibility index (Phi) is 2.69. The topological polar surface area (TPSA) is 74.8 Å². The van der Waals surface area contributed by atoms with E-state index in [-0.39, 0.29) is 11.1 Å². The van der Waals surface area contributed by atoms with Crippen LogP contribution in [0.1, 0.15) is 31.1 Å². The van der Waals surface area contributed by atoms with Crippen LogP contribution in [-0.4, -0.2) is 21.6 Å². The van der Waals surface area contributed by atoms with Gasteiger partial charge in [-0.05, 0) is 26.8 Å². The van der Waals surface area contributed by atoms with Crippen molar-refractivity contribution in [1.82, 2.24) is 15.5 Å². The number of nitrogens with zero attached hydrogens (tertiary/aromatic N) is 2. The molecule has 5 heteroatoms. The summed E-state index contributed by atoms with van der Waals surface area (Å²) < 4.78 is 0. The van der Waals surface area contributed by atoms with E-state index in [1.165, 1.54) is 12.3 Å². The molecule has 1 N–H and O–H groups in total. The SMILES string of the molecule is CC(C)(C)NC(=O)c1ccnnc1[O]. The van der Waals surface area contributed by atoms with E-state index in [1.54, 1.807) is 0 Å². The van der Waals surface area contributed by atoms with Gasteiger partial charge in [0.15, 0.2) is 0 Å². The number of carbonyl (C=O) groups is 1. The molecule has 0 aliphatic heterocycles. The lowest BCUT2D eigenvalue weighted by Crippen LogP contribution is -2.40. The highest BCUT2D eigenvalue weighted by atomic mass is 16.3. The Labute approximate surface area is 82.2 Å². The number of nitrogens with one attached hydrogen (secondary N) is 1. The van der Waals surface area contributed by atoms with Crippen LogP contribution in [0, 0.1) is 0 Å². The van der Waals surface area contributed by atoms with Crippen molar-refractivity contribution in [3.8, 4) is 5.88 Å². The fourth-order valence-corrected chi connectivity index (χ4v) is 0.900. The van der Waals surface area contributed by atoms with Gasteiger partial charge in [0.05, 0.1) is 6.20 Å². The van der Waals surface area contributed by atoms with E-state index in [2.05, 4.69) is 15.5 Å². The van der Waals surface area contributed by atoms with E-state index in [4.69, 9.17) is 0 Å². The van der Waals surface area contributed by atoms with Crippen molar-refractivity contribution in [2.45, 2.75) is 26.3 Å². The van der Waals surface area contributed by atoms with Crippen LogP contribution in [0.15, 0.2) is 12.3 Å². The van der Waals surface area contributed by atoms with Crippen LogP contribution >= 0.6 is 0 Å². The van der Waals surface area contributed by atoms with Gasteiger partial charge in [-0.25, -0.2) is 0 Å². The third-order valence-electron chi connectivity index (χ3n) is 1.42. The van der Waals surface area contributed by atoms with E-state index in [1.807, 2.05) is 20.8 Å². The second-order valence-electron chi connectivity index (χ2n) is 3.95. The van der Waals surface area contributed by atoms with Gasteiger partial charge in [0.1, 0.15) is 5.56 Å². The van der Waals surface area contributed by atoms with Crippen LogP contribution in [0.3, 0.4) is 0 Å². The largest absolute Gasteiger partial charge is 0.347 e. The Balaban J connectivity index is 2.86. The average Bonchev–Trinajstić information content (AvgIpc) is 2.01. The van der Waals surface area contributed by atoms with Gasteiger partial charge in [0, 0.05) is 5.54 Å². The lowest BCUT2D eigenvalue weighted by atomic mass is 10.1. The minimum Gasteiger partial charge on any atom is -0.347 e. The molecule has 0 saturated heterocycles. The lowest BCUT2D eigenvalue weighted by Gasteiger charge is -2.20. The monoisotopic (exact) mass is 194 g/mol. The Morgan fingerprint density at radius 2 is 2.07 bits per heavy atom. The molecule has 0 atom stereocenters. The molecule has 0 bridgehead atoms. The Bertz CT molecular complexity index is 344. The Morgan fingerprint density at radius 1 is 1.43 bits per heavy atom. The minimum absolute atomic E-state index is 0.0231. The Morgan fingerprint density at radius 3 is 2.57 bits per heavy atom. The zero-order valence-electron chi connectivity index (χ0n) is 8.37. The number of hydrogen-bond donors (Lipinski definition) is 1. The van der Waals surface area contributed by atoms with Crippen molar-refractivity contribution < 1.29 is 9.90 Å². The first-order chi connectivity index (χ1) is 6.40. The van der Waals surface area contributed by atoms with E-state index in [9.17, 15) is 9.90 Å². The van der Waals surface area contributed by atoms with Gasteiger partial charge in [-0.15, -0.1) is 5.10 Å². The minimum atomic E-state index is -0.603. The van der Waals surface area contributed by atoms with Crippen LogP contribution in [-0.2, 0) is 5.11 Å². The van der Waals surface area contributed by atoms with Crippen molar-refractivity contribution >= 4 is 5.91 Å². The number of aromatic nitrogens is 2. The summed E-state index contributed by atoms with van der Waals surface area (Å²) in [4.78, 5) is 11.5. The van der Waals surface area contributed by atoms with E-state index in [0.29, 0.717) is 0 Å². The third kappa shape index (κ3) is 2.69. The molecule has 1 aromatic heterocycles. The van der Waals surface area contributed by atoms with E-state index >= 15 is 0 Å². The second kappa shape index (κ2) is 3.61. The first-order valence-electron chi connectivity index (χ1n) is 4.21. The van der Waals surface area contributed by atoms with Crippen LogP contribution in [0.5, 0.6) is 5.88 Å². The predicted octanol–water partition coefficient (Wildman–Crippen LogP) is 1.15. The van der Waals surface area contributed by atoms with Gasteiger partial charge in [-0.2, -0.15) is 5.10 Å². The molecule has 0 fully saturated rings. The maximum atomic E-state index is 11.5. The fourth-order valence-electron chi connectivity index (χ4n) is 0.900. The number of carbonyl (C=O) groups excluding carboxylic acids is 1. The van der Waals surface area contributed by atoms with Gasteiger partial charge in [0.25, 0.3) is 5.91 Å². The maximum Gasteiger partial charge on any atom is 0.301 e. The molecule has 0 aliphatic carbocycles. The molecule has 1 aromatic rings. The van der Waals surface area contributed by atoms with Gasteiger partial charge in [-0.1, -0.05) is 0 Å². The van der Waals surface area contributed by atoms with Crippen LogP contribution in [0.25, 0.3) is 0 Å². The Hall–Kier alpha value is -1.65. The molecule has 0 aliphatic rings. The standard InChI is InChI=1S/C9H12N3O2/c1-9(2,3)11-7(13)6-4-5-10-12-8(6)14/h4-5H,1-3H3,(H,11,13). The second-order valence-corrected chi connectivity index (χ2v) is 3.95. The molecule has 1 heterocycles. The van der Waals surface area contributed by atoms with Crippen molar-refractivity contribution in [2.24, 2.45) is 0 Å². The van der Waals surface area contributed by atoms with Crippen molar-refractivity contribution in [3.05, 3.63) is 17.8 Å². The molecule has 1 amide bonds. The molecule has 1 radical (unpaired) electrons. The number of hydrogen-bond acceptors (Lipinski definition) is 3. The van der Waals surface area contributed by atoms with Gasteiger partial charge >= 0.3 is 5.88 Å². The van der Waals surface area contributed by atoms with Crippen molar-refractivity contribution in [1.29, 1.82) is 0 Å². The molecule has 75 valence electrons. The normalized spacial score (nSPS) is 11.1. The highest BCUT2D eigenvalue weighted by molar-refractivity contribution is 5.96. The third-order valence-corrected chi connectivity index (χ3v) is 1.42. The average molecular weight is 194 g/mol. The van der Waals surface area contributed by atoms with Gasteiger partial charge < -0.3 is 5.32 Å². The molecular formula is C9H12N3O2. The van der Waals surface area contributed by atoms with Gasteiger partial charge in [-0.3, -0.25) is 9.90 Å². The molecular weight excluding hydrogens is 182 g/mol. The summed E-state index contributed by atoms with van der Waals surface area (Å²) in [7, 11) is 0. The summed E-state index contributed by atoms with van der Waals surface area (Å²) in [5.74, 6) is -1.02. The molecule has 0 unspecified atom stereocenters. The highest BCUT2D eigenvalue weighted by Crippen LogP contribution is 2.12.